The van der Waals surface area contributed by atoms with Crippen LogP contribution in [0.2, 0.25) is 0 Å². The summed E-state index contributed by atoms with van der Waals surface area (Å²) in [7, 11) is 0. The van der Waals surface area contributed by atoms with Crippen LogP contribution < -0.4 is 0 Å². The first kappa shape index (κ1) is 12.9. The minimum absolute atomic E-state index is 0.588. The van der Waals surface area contributed by atoms with Gasteiger partial charge in [-0.1, -0.05) is 25.7 Å². The van der Waals surface area contributed by atoms with Crippen molar-refractivity contribution in [1.82, 2.24) is 0 Å². The van der Waals surface area contributed by atoms with Crippen LogP contribution in [-0.4, -0.2) is 18.0 Å². The molecular formula is C16H28O2. The molecule has 0 saturated heterocycles. The second kappa shape index (κ2) is 5.50. The van der Waals surface area contributed by atoms with E-state index in [1.54, 1.807) is 6.92 Å². The van der Waals surface area contributed by atoms with Crippen LogP contribution >= 0.6 is 0 Å². The zero-order chi connectivity index (χ0) is 12.5. The lowest BCUT2D eigenvalue weighted by atomic mass is 9.73. The fourth-order valence-corrected chi connectivity index (χ4v) is 5.32. The van der Waals surface area contributed by atoms with Crippen LogP contribution in [0, 0.1) is 29.6 Å². The fourth-order valence-electron chi connectivity index (χ4n) is 5.32. The summed E-state index contributed by atoms with van der Waals surface area (Å²) in [5.41, 5.74) is 0. The predicted molar refractivity (Wildman–Crippen MR) is 72.0 cm³/mol. The number of ether oxygens (including phenoxy) is 1. The van der Waals surface area contributed by atoms with Crippen molar-refractivity contribution in [3.05, 3.63) is 0 Å². The summed E-state index contributed by atoms with van der Waals surface area (Å²) in [6.45, 7) is 2.55. The smallest absolute Gasteiger partial charge is 0.151 e. The Hall–Kier alpha value is -0.0800. The molecule has 0 spiro atoms. The summed E-state index contributed by atoms with van der Waals surface area (Å²) >= 11 is 0. The molecule has 3 fully saturated rings. The molecule has 0 amide bonds. The highest BCUT2D eigenvalue weighted by Crippen LogP contribution is 2.57. The van der Waals surface area contributed by atoms with Gasteiger partial charge in [0.25, 0.3) is 0 Å². The van der Waals surface area contributed by atoms with Gasteiger partial charge < -0.3 is 9.84 Å². The van der Waals surface area contributed by atoms with E-state index >= 15 is 0 Å². The number of fused-ring (bicyclic) bond motifs is 3. The third-order valence-corrected chi connectivity index (χ3v) is 5.93. The highest BCUT2D eigenvalue weighted by Gasteiger charge is 2.50. The molecule has 2 nitrogen and oxygen atoms in total. The van der Waals surface area contributed by atoms with Gasteiger partial charge in [0.2, 0.25) is 0 Å². The third kappa shape index (κ3) is 2.34. The van der Waals surface area contributed by atoms with Gasteiger partial charge in [0.05, 0.1) is 6.61 Å². The average molecular weight is 252 g/mol. The SMILES string of the molecule is CC(O)OCC1C2CCCCC2C2CCCCC21. The monoisotopic (exact) mass is 252 g/mol. The Bertz CT molecular complexity index is 254. The fraction of sp³-hybridized carbons (Fsp3) is 1.00. The first-order valence-corrected chi connectivity index (χ1v) is 8.07. The Morgan fingerprint density at radius 2 is 1.33 bits per heavy atom. The van der Waals surface area contributed by atoms with Crippen molar-refractivity contribution in [3.8, 4) is 0 Å². The molecule has 5 unspecified atom stereocenters. The van der Waals surface area contributed by atoms with Gasteiger partial charge in [-0.15, -0.1) is 0 Å². The van der Waals surface area contributed by atoms with Gasteiger partial charge >= 0.3 is 0 Å². The van der Waals surface area contributed by atoms with E-state index in [9.17, 15) is 5.11 Å². The lowest BCUT2D eigenvalue weighted by molar-refractivity contribution is -0.106. The average Bonchev–Trinajstić information content (AvgIpc) is 2.71. The van der Waals surface area contributed by atoms with Gasteiger partial charge in [0.1, 0.15) is 0 Å². The highest BCUT2D eigenvalue weighted by atomic mass is 16.6. The van der Waals surface area contributed by atoms with Crippen LogP contribution in [0.25, 0.3) is 0 Å². The number of hydrogen-bond donors (Lipinski definition) is 1. The Morgan fingerprint density at radius 3 is 1.78 bits per heavy atom. The van der Waals surface area contributed by atoms with Crippen molar-refractivity contribution in [2.75, 3.05) is 6.61 Å². The largest absolute Gasteiger partial charge is 0.368 e. The van der Waals surface area contributed by atoms with E-state index in [-0.39, 0.29) is 0 Å². The summed E-state index contributed by atoms with van der Waals surface area (Å²) in [5, 5.41) is 9.38. The van der Waals surface area contributed by atoms with E-state index < -0.39 is 6.29 Å². The standard InChI is InChI=1S/C16H28O2/c1-11(17)18-10-16-14-8-4-2-6-12(14)13-7-3-5-9-15(13)16/h11-17H,2-10H2,1H3. The summed E-state index contributed by atoms with van der Waals surface area (Å²) in [6, 6.07) is 0. The van der Waals surface area contributed by atoms with Crippen molar-refractivity contribution in [3.63, 3.8) is 0 Å². The van der Waals surface area contributed by atoms with Crippen LogP contribution in [0.1, 0.15) is 58.3 Å². The molecule has 1 N–H and O–H groups in total. The second-order valence-corrected chi connectivity index (χ2v) is 6.82. The molecule has 5 atom stereocenters. The van der Waals surface area contributed by atoms with E-state index in [0.29, 0.717) is 0 Å². The van der Waals surface area contributed by atoms with E-state index in [1.165, 1.54) is 51.4 Å². The molecule has 3 rings (SSSR count). The number of aliphatic hydroxyl groups excluding tert-OH is 1. The predicted octanol–water partition coefficient (Wildman–Crippen LogP) is 3.58. The molecule has 0 aliphatic heterocycles. The van der Waals surface area contributed by atoms with Crippen molar-refractivity contribution in [2.45, 2.75) is 64.6 Å². The number of aliphatic hydroxyl groups is 1. The number of rotatable bonds is 3. The highest BCUT2D eigenvalue weighted by molar-refractivity contribution is 4.99. The Balaban J connectivity index is 1.72. The quantitative estimate of drug-likeness (QED) is 0.778. The molecular weight excluding hydrogens is 224 g/mol. The molecule has 0 aromatic carbocycles. The zero-order valence-electron chi connectivity index (χ0n) is 11.7. The normalized spacial score (nSPS) is 45.3. The molecule has 0 aromatic heterocycles. The lowest BCUT2D eigenvalue weighted by Gasteiger charge is -2.32. The van der Waals surface area contributed by atoms with Gasteiger partial charge in [0, 0.05) is 0 Å². The molecule has 0 heterocycles. The van der Waals surface area contributed by atoms with E-state index in [0.717, 1.165) is 36.2 Å². The van der Waals surface area contributed by atoms with Crippen molar-refractivity contribution in [2.24, 2.45) is 29.6 Å². The molecule has 0 aromatic rings. The van der Waals surface area contributed by atoms with Crippen LogP contribution in [0.4, 0.5) is 0 Å². The van der Waals surface area contributed by atoms with Gasteiger partial charge in [-0.25, -0.2) is 0 Å². The van der Waals surface area contributed by atoms with E-state index in [2.05, 4.69) is 0 Å². The minimum Gasteiger partial charge on any atom is -0.368 e. The summed E-state index contributed by atoms with van der Waals surface area (Å²) in [5.74, 6) is 4.55. The molecule has 0 bridgehead atoms. The Morgan fingerprint density at radius 1 is 0.889 bits per heavy atom. The van der Waals surface area contributed by atoms with E-state index in [4.69, 9.17) is 4.74 Å². The summed E-state index contributed by atoms with van der Waals surface area (Å²) in [6.07, 6.45) is 10.9. The first-order chi connectivity index (χ1) is 8.77. The second-order valence-electron chi connectivity index (χ2n) is 6.82. The van der Waals surface area contributed by atoms with Crippen molar-refractivity contribution >= 4 is 0 Å². The van der Waals surface area contributed by atoms with Gasteiger partial charge in [-0.2, -0.15) is 0 Å². The minimum atomic E-state index is -0.588. The summed E-state index contributed by atoms with van der Waals surface area (Å²) in [4.78, 5) is 0. The Labute approximate surface area is 111 Å². The van der Waals surface area contributed by atoms with Crippen molar-refractivity contribution in [1.29, 1.82) is 0 Å². The van der Waals surface area contributed by atoms with Gasteiger partial charge in [0.15, 0.2) is 6.29 Å². The third-order valence-electron chi connectivity index (χ3n) is 5.93. The maximum absolute atomic E-state index is 9.38. The molecule has 3 aliphatic carbocycles. The molecule has 0 radical (unpaired) electrons. The number of hydrogen-bond acceptors (Lipinski definition) is 2. The first-order valence-electron chi connectivity index (χ1n) is 8.07. The maximum Gasteiger partial charge on any atom is 0.151 e. The zero-order valence-corrected chi connectivity index (χ0v) is 11.7. The maximum atomic E-state index is 9.38. The topological polar surface area (TPSA) is 29.5 Å². The van der Waals surface area contributed by atoms with Crippen LogP contribution in [0.3, 0.4) is 0 Å². The van der Waals surface area contributed by atoms with Gasteiger partial charge in [-0.3, -0.25) is 0 Å². The summed E-state index contributed by atoms with van der Waals surface area (Å²) < 4.78 is 5.58. The molecule has 3 saturated carbocycles. The molecule has 18 heavy (non-hydrogen) atoms. The van der Waals surface area contributed by atoms with Crippen LogP contribution in [0.15, 0.2) is 0 Å². The van der Waals surface area contributed by atoms with Gasteiger partial charge in [-0.05, 0) is 62.2 Å². The van der Waals surface area contributed by atoms with Crippen LogP contribution in [0.5, 0.6) is 0 Å². The lowest BCUT2D eigenvalue weighted by Crippen LogP contribution is -2.27. The molecule has 3 aliphatic rings. The van der Waals surface area contributed by atoms with Crippen LogP contribution in [-0.2, 0) is 4.74 Å². The molecule has 104 valence electrons. The molecule has 2 heteroatoms. The van der Waals surface area contributed by atoms with E-state index in [1.807, 2.05) is 0 Å². The van der Waals surface area contributed by atoms with Crippen molar-refractivity contribution < 1.29 is 9.84 Å². The Kier molecular flexibility index (Phi) is 3.95.